The topological polar surface area (TPSA) is 15.4 Å². The summed E-state index contributed by atoms with van der Waals surface area (Å²) in [5.74, 6) is 0.475. The number of nitrogens with zero attached hydrogens (tertiary/aromatic N) is 2. The molecule has 0 radical (unpaired) electrons. The molecule has 0 saturated heterocycles. The van der Waals surface area contributed by atoms with Gasteiger partial charge in [-0.05, 0) is 49.6 Å². The largest absolute Gasteiger partial charge is 0.248 e. The molecule has 0 amide bonds. The van der Waals surface area contributed by atoms with E-state index >= 15 is 0 Å². The van der Waals surface area contributed by atoms with Crippen LogP contribution in [0.3, 0.4) is 0 Å². The quantitative estimate of drug-likeness (QED) is 0.689. The summed E-state index contributed by atoms with van der Waals surface area (Å²) in [7, 11) is 2.16. The second-order valence-corrected chi connectivity index (χ2v) is 8.67. The van der Waals surface area contributed by atoms with Crippen molar-refractivity contribution in [1.82, 2.24) is 0 Å². The molecular formula is C27H27N2+. The molecule has 0 fully saturated rings. The second-order valence-electron chi connectivity index (χ2n) is 8.67. The summed E-state index contributed by atoms with van der Waals surface area (Å²) in [4.78, 5) is 4.91. The van der Waals surface area contributed by atoms with Crippen molar-refractivity contribution in [3.05, 3.63) is 94.2 Å². The second kappa shape index (κ2) is 6.52. The Morgan fingerprint density at radius 3 is 2.72 bits per heavy atom. The highest BCUT2D eigenvalue weighted by Crippen LogP contribution is 2.39. The molecule has 2 heteroatoms. The molecule has 1 unspecified atom stereocenters. The van der Waals surface area contributed by atoms with Gasteiger partial charge >= 0.3 is 0 Å². The van der Waals surface area contributed by atoms with Crippen LogP contribution in [0.25, 0.3) is 11.6 Å². The van der Waals surface area contributed by atoms with E-state index in [2.05, 4.69) is 105 Å². The zero-order chi connectivity index (χ0) is 20.2. The Labute approximate surface area is 172 Å². The van der Waals surface area contributed by atoms with E-state index in [-0.39, 0.29) is 5.41 Å². The van der Waals surface area contributed by atoms with Crippen LogP contribution < -0.4 is 10.6 Å². The summed E-state index contributed by atoms with van der Waals surface area (Å²) >= 11 is 0. The Bertz CT molecular complexity index is 1270. The molecule has 2 nitrogen and oxygen atoms in total. The first-order chi connectivity index (χ1) is 14.0. The average molecular weight is 380 g/mol. The van der Waals surface area contributed by atoms with E-state index in [1.165, 1.54) is 33.3 Å². The fourth-order valence-electron chi connectivity index (χ4n) is 5.01. The highest BCUT2D eigenvalue weighted by Gasteiger charge is 2.42. The van der Waals surface area contributed by atoms with Crippen LogP contribution in [0.5, 0.6) is 0 Å². The van der Waals surface area contributed by atoms with Crippen LogP contribution in [0.4, 0.5) is 5.69 Å². The van der Waals surface area contributed by atoms with E-state index in [1.54, 1.807) is 0 Å². The van der Waals surface area contributed by atoms with Gasteiger partial charge in [-0.1, -0.05) is 49.4 Å². The van der Waals surface area contributed by atoms with Crippen molar-refractivity contribution >= 4 is 23.0 Å². The first-order valence-electron chi connectivity index (χ1n) is 10.5. The van der Waals surface area contributed by atoms with E-state index in [0.29, 0.717) is 5.92 Å². The van der Waals surface area contributed by atoms with E-state index in [9.17, 15) is 0 Å². The van der Waals surface area contributed by atoms with Gasteiger partial charge in [-0.15, -0.1) is 0 Å². The van der Waals surface area contributed by atoms with E-state index in [1.807, 2.05) is 0 Å². The monoisotopic (exact) mass is 379 g/mol. The number of hydrogen-bond donors (Lipinski definition) is 0. The molecule has 5 rings (SSSR count). The average Bonchev–Trinajstić information content (AvgIpc) is 3.19. The van der Waals surface area contributed by atoms with Crippen LogP contribution in [-0.2, 0) is 5.41 Å². The third-order valence-electron chi connectivity index (χ3n) is 6.61. The van der Waals surface area contributed by atoms with E-state index in [0.717, 1.165) is 17.5 Å². The Kier molecular flexibility index (Phi) is 4.06. The summed E-state index contributed by atoms with van der Waals surface area (Å²) in [5.41, 5.74) is 7.72. The van der Waals surface area contributed by atoms with Crippen LogP contribution in [0.15, 0.2) is 77.5 Å². The van der Waals surface area contributed by atoms with Gasteiger partial charge in [-0.3, -0.25) is 0 Å². The predicted molar refractivity (Wildman–Crippen MR) is 121 cm³/mol. The van der Waals surface area contributed by atoms with Crippen LogP contribution >= 0.6 is 0 Å². The van der Waals surface area contributed by atoms with Crippen LogP contribution in [0.1, 0.15) is 38.3 Å². The lowest BCUT2D eigenvalue weighted by Gasteiger charge is -2.16. The molecular weight excluding hydrogens is 352 g/mol. The van der Waals surface area contributed by atoms with Gasteiger partial charge in [0.1, 0.15) is 7.05 Å². The van der Waals surface area contributed by atoms with Crippen molar-refractivity contribution in [1.29, 1.82) is 0 Å². The number of benzene rings is 2. The molecule has 0 spiro atoms. The molecule has 1 atom stereocenters. The maximum Gasteiger partial charge on any atom is 0.209 e. The van der Waals surface area contributed by atoms with Crippen molar-refractivity contribution in [3.63, 3.8) is 0 Å². The van der Waals surface area contributed by atoms with Gasteiger partial charge in [0, 0.05) is 28.8 Å². The minimum atomic E-state index is -0.00142. The lowest BCUT2D eigenvalue weighted by Crippen LogP contribution is -2.26. The van der Waals surface area contributed by atoms with Crippen molar-refractivity contribution in [2.24, 2.45) is 10.9 Å². The number of allylic oxidation sites excluding steroid dienone is 5. The number of rotatable bonds is 3. The molecule has 3 aliphatic rings. The molecule has 144 valence electrons. The molecule has 0 aromatic heterocycles. The molecule has 0 bridgehead atoms. The lowest BCUT2D eigenvalue weighted by molar-refractivity contribution is -0.401. The summed E-state index contributed by atoms with van der Waals surface area (Å²) in [6, 6.07) is 15.4. The molecule has 0 saturated carbocycles. The van der Waals surface area contributed by atoms with Gasteiger partial charge in [-0.2, -0.15) is 4.58 Å². The smallest absolute Gasteiger partial charge is 0.209 e. The molecule has 2 aromatic rings. The molecule has 1 aliphatic carbocycles. The molecule has 0 N–H and O–H groups in total. The van der Waals surface area contributed by atoms with Gasteiger partial charge in [0.05, 0.1) is 16.5 Å². The van der Waals surface area contributed by atoms with Gasteiger partial charge in [0.25, 0.3) is 0 Å². The first-order valence-corrected chi connectivity index (χ1v) is 10.5. The van der Waals surface area contributed by atoms with Crippen molar-refractivity contribution in [2.45, 2.75) is 32.6 Å². The van der Waals surface area contributed by atoms with Gasteiger partial charge in [-0.25, -0.2) is 4.99 Å². The molecule has 2 aromatic carbocycles. The summed E-state index contributed by atoms with van der Waals surface area (Å²) in [6.07, 6.45) is 12.2. The molecule has 2 aliphatic heterocycles. The summed E-state index contributed by atoms with van der Waals surface area (Å²) in [6.45, 7) is 6.85. The van der Waals surface area contributed by atoms with Gasteiger partial charge in [0.15, 0.2) is 5.71 Å². The third-order valence-corrected chi connectivity index (χ3v) is 6.61. The van der Waals surface area contributed by atoms with Crippen molar-refractivity contribution in [3.8, 4) is 0 Å². The number of para-hydroxylation sites is 1. The fraction of sp³-hybridized carbons (Fsp3) is 0.259. The molecule has 2 heterocycles. The SMILES string of the molecule is CCC1C=CC=C2N=c3cc(/C=C/C4=[N+](C)c5ccccc5C4(C)C)ccc3=C21. The van der Waals surface area contributed by atoms with Crippen LogP contribution in [0.2, 0.25) is 0 Å². The zero-order valence-corrected chi connectivity index (χ0v) is 17.6. The Morgan fingerprint density at radius 1 is 1.10 bits per heavy atom. The summed E-state index contributed by atoms with van der Waals surface area (Å²) in [5, 5.41) is 2.39. The predicted octanol–water partition coefficient (Wildman–Crippen LogP) is 4.67. The highest BCUT2D eigenvalue weighted by atomic mass is 15.0. The minimum Gasteiger partial charge on any atom is -0.248 e. The Morgan fingerprint density at radius 2 is 1.93 bits per heavy atom. The Balaban J connectivity index is 1.54. The standard InChI is InChI=1S/C27H27N2/c1-5-19-9-8-11-22-26(19)20-15-13-18(17-23(20)28-22)14-16-25-27(2,3)21-10-6-7-12-24(21)29(25)4/h6-17,19H,5H2,1-4H3/q+1/b16-14+. The summed E-state index contributed by atoms with van der Waals surface area (Å²) < 4.78 is 2.32. The minimum absolute atomic E-state index is 0.00142. The Hall–Kier alpha value is -3.00. The first kappa shape index (κ1) is 18.1. The molecule has 29 heavy (non-hydrogen) atoms. The normalized spacial score (nSPS) is 21.2. The van der Waals surface area contributed by atoms with Gasteiger partial charge in [0.2, 0.25) is 5.69 Å². The third kappa shape index (κ3) is 2.70. The maximum atomic E-state index is 4.91. The zero-order valence-electron chi connectivity index (χ0n) is 17.6. The lowest BCUT2D eigenvalue weighted by atomic mass is 9.81. The number of hydrogen-bond acceptors (Lipinski definition) is 1. The van der Waals surface area contributed by atoms with Crippen LogP contribution in [0, 0.1) is 5.92 Å². The highest BCUT2D eigenvalue weighted by molar-refractivity contribution is 6.05. The maximum absolute atomic E-state index is 4.91. The number of fused-ring (bicyclic) bond motifs is 3. The van der Waals surface area contributed by atoms with E-state index in [4.69, 9.17) is 4.99 Å². The van der Waals surface area contributed by atoms with Crippen molar-refractivity contribution in [2.75, 3.05) is 7.05 Å². The fourth-order valence-corrected chi connectivity index (χ4v) is 5.01. The van der Waals surface area contributed by atoms with Crippen LogP contribution in [-0.4, -0.2) is 17.3 Å². The van der Waals surface area contributed by atoms with Gasteiger partial charge < -0.3 is 0 Å². The van der Waals surface area contributed by atoms with E-state index < -0.39 is 0 Å². The van der Waals surface area contributed by atoms with Crippen molar-refractivity contribution < 1.29 is 4.58 Å².